The largest absolute Gasteiger partial charge is 0.508 e. The van der Waals surface area contributed by atoms with E-state index in [1.54, 1.807) is 12.1 Å². The van der Waals surface area contributed by atoms with E-state index in [2.05, 4.69) is 16.0 Å². The SMILES string of the molecule is CS(=O)(=O)c1csc(C(=O)NCC[C@H](NC(=O)c2ccc(C(=O)NCc3cccc(O)c3)cc2Cl)C(=O)O)c1Cl. The predicted octanol–water partition coefficient (Wildman–Crippen LogP) is 3.10. The third-order valence-corrected chi connectivity index (χ3v) is 8.65. The standard InChI is InChI=1S/C25H23Cl2N3O8S2/c1-40(37,38)19-12-39-21(20(19)27)24(34)28-8-7-18(25(35)36)30-23(33)16-6-5-14(10-17(16)26)22(32)29-11-13-3-2-4-15(31)9-13/h2-6,9-10,12,18,31H,7-8,11H2,1H3,(H,28,34)(H,29,32)(H,30,33)(H,35,36)/t18-/m0/s1. The van der Waals surface area contributed by atoms with E-state index in [9.17, 15) is 37.8 Å². The second-order valence-corrected chi connectivity index (χ2v) is 12.1. The van der Waals surface area contributed by atoms with Crippen molar-refractivity contribution in [3.05, 3.63) is 79.5 Å². The van der Waals surface area contributed by atoms with Gasteiger partial charge in [-0.15, -0.1) is 11.3 Å². The highest BCUT2D eigenvalue weighted by atomic mass is 35.5. The van der Waals surface area contributed by atoms with Crippen molar-refractivity contribution in [1.82, 2.24) is 16.0 Å². The van der Waals surface area contributed by atoms with Crippen molar-refractivity contribution in [2.24, 2.45) is 0 Å². The summed E-state index contributed by atoms with van der Waals surface area (Å²) in [6, 6.07) is 8.84. The smallest absolute Gasteiger partial charge is 0.326 e. The molecule has 15 heteroatoms. The second-order valence-electron chi connectivity index (χ2n) is 8.47. The molecule has 40 heavy (non-hydrogen) atoms. The first-order valence-corrected chi connectivity index (χ1v) is 14.9. The van der Waals surface area contributed by atoms with Gasteiger partial charge in [-0.25, -0.2) is 13.2 Å². The Bertz CT molecular complexity index is 1570. The molecular weight excluding hydrogens is 605 g/mol. The molecule has 0 aliphatic heterocycles. The number of aromatic hydroxyl groups is 1. The lowest BCUT2D eigenvalue weighted by molar-refractivity contribution is -0.139. The average Bonchev–Trinajstić information content (AvgIpc) is 3.28. The number of nitrogens with one attached hydrogen (secondary N) is 3. The minimum Gasteiger partial charge on any atom is -0.508 e. The highest BCUT2D eigenvalue weighted by Crippen LogP contribution is 2.31. The van der Waals surface area contributed by atoms with Gasteiger partial charge in [-0.05, 0) is 42.3 Å². The number of aliphatic carboxylic acids is 1. The molecule has 0 aliphatic carbocycles. The molecule has 0 bridgehead atoms. The number of hydrogen-bond donors (Lipinski definition) is 5. The summed E-state index contributed by atoms with van der Waals surface area (Å²) in [5, 5.41) is 27.4. The summed E-state index contributed by atoms with van der Waals surface area (Å²) in [5.41, 5.74) is 0.758. The summed E-state index contributed by atoms with van der Waals surface area (Å²) in [5.74, 6) is -3.29. The molecule has 3 amide bonds. The van der Waals surface area contributed by atoms with E-state index in [-0.39, 0.29) is 56.2 Å². The molecule has 11 nitrogen and oxygen atoms in total. The fourth-order valence-corrected chi connectivity index (χ4v) is 6.52. The van der Waals surface area contributed by atoms with Gasteiger partial charge in [-0.2, -0.15) is 0 Å². The minimum atomic E-state index is -3.63. The fraction of sp³-hybridized carbons (Fsp3) is 0.200. The van der Waals surface area contributed by atoms with Crippen molar-refractivity contribution in [2.45, 2.75) is 23.9 Å². The van der Waals surface area contributed by atoms with Crippen LogP contribution in [0.3, 0.4) is 0 Å². The summed E-state index contributed by atoms with van der Waals surface area (Å²) < 4.78 is 23.4. The molecule has 3 rings (SSSR count). The van der Waals surface area contributed by atoms with Crippen LogP contribution in [0.2, 0.25) is 10.0 Å². The van der Waals surface area contributed by atoms with Crippen molar-refractivity contribution < 1.29 is 37.8 Å². The van der Waals surface area contributed by atoms with Crippen LogP contribution in [0.5, 0.6) is 5.75 Å². The maximum absolute atomic E-state index is 12.7. The van der Waals surface area contributed by atoms with Crippen molar-refractivity contribution in [2.75, 3.05) is 12.8 Å². The predicted molar refractivity (Wildman–Crippen MR) is 149 cm³/mol. The Labute approximate surface area is 243 Å². The number of thiophene rings is 1. The summed E-state index contributed by atoms with van der Waals surface area (Å²) >= 11 is 13.0. The van der Waals surface area contributed by atoms with Gasteiger partial charge in [0.05, 0.1) is 20.5 Å². The summed E-state index contributed by atoms with van der Waals surface area (Å²) in [4.78, 5) is 49.1. The molecule has 3 aromatic rings. The van der Waals surface area contributed by atoms with Crippen molar-refractivity contribution in [1.29, 1.82) is 0 Å². The number of carboxylic acid groups (broad SMARTS) is 1. The van der Waals surface area contributed by atoms with Gasteiger partial charge < -0.3 is 26.2 Å². The van der Waals surface area contributed by atoms with E-state index in [0.717, 1.165) is 17.6 Å². The topological polar surface area (TPSA) is 179 Å². The first-order valence-electron chi connectivity index (χ1n) is 11.4. The molecule has 1 atom stereocenters. The van der Waals surface area contributed by atoms with Crippen LogP contribution in [0.1, 0.15) is 42.4 Å². The Morgan fingerprint density at radius 1 is 1.00 bits per heavy atom. The molecule has 0 spiro atoms. The van der Waals surface area contributed by atoms with E-state index in [0.29, 0.717) is 5.56 Å². The Kier molecular flexibility index (Phi) is 10.1. The van der Waals surface area contributed by atoms with Crippen LogP contribution >= 0.6 is 34.5 Å². The average molecular weight is 629 g/mol. The van der Waals surface area contributed by atoms with Gasteiger partial charge in [0.2, 0.25) is 0 Å². The number of carbonyl (C=O) groups excluding carboxylic acids is 3. The number of rotatable bonds is 11. The number of sulfone groups is 1. The van der Waals surface area contributed by atoms with Gasteiger partial charge in [-0.1, -0.05) is 35.3 Å². The quantitative estimate of drug-likeness (QED) is 0.215. The molecule has 1 aromatic heterocycles. The molecule has 0 saturated carbocycles. The molecule has 1 heterocycles. The van der Waals surface area contributed by atoms with E-state index in [1.165, 1.54) is 35.7 Å². The fourth-order valence-electron chi connectivity index (χ4n) is 3.43. The maximum atomic E-state index is 12.7. The van der Waals surface area contributed by atoms with E-state index >= 15 is 0 Å². The van der Waals surface area contributed by atoms with Crippen LogP contribution in [0.25, 0.3) is 0 Å². The summed E-state index contributed by atoms with van der Waals surface area (Å²) in [6.07, 6.45) is 0.748. The van der Waals surface area contributed by atoms with Crippen LogP contribution in [0.15, 0.2) is 52.7 Å². The zero-order valence-corrected chi connectivity index (χ0v) is 23.9. The van der Waals surface area contributed by atoms with Crippen LogP contribution in [-0.2, 0) is 21.2 Å². The first kappa shape index (κ1) is 30.9. The van der Waals surface area contributed by atoms with Crippen LogP contribution in [0.4, 0.5) is 0 Å². The lowest BCUT2D eigenvalue weighted by Crippen LogP contribution is -2.43. The lowest BCUT2D eigenvalue weighted by atomic mass is 10.1. The summed E-state index contributed by atoms with van der Waals surface area (Å²) in [6.45, 7) is -0.0357. The van der Waals surface area contributed by atoms with Gasteiger partial charge in [0.1, 0.15) is 16.7 Å². The molecule has 212 valence electrons. The highest BCUT2D eigenvalue weighted by molar-refractivity contribution is 7.91. The first-order chi connectivity index (χ1) is 18.8. The molecule has 0 aliphatic rings. The number of phenols is 1. The number of carbonyl (C=O) groups is 4. The van der Waals surface area contributed by atoms with Gasteiger partial charge in [-0.3, -0.25) is 14.4 Å². The van der Waals surface area contributed by atoms with Gasteiger partial charge >= 0.3 is 5.97 Å². The maximum Gasteiger partial charge on any atom is 0.326 e. The number of hydrogen-bond acceptors (Lipinski definition) is 8. The van der Waals surface area contributed by atoms with Crippen LogP contribution in [-0.4, -0.2) is 61.2 Å². The number of amides is 3. The Hall–Kier alpha value is -3.65. The number of carboxylic acids is 1. The Morgan fingerprint density at radius 2 is 1.73 bits per heavy atom. The number of halogens is 2. The lowest BCUT2D eigenvalue weighted by Gasteiger charge is -2.16. The summed E-state index contributed by atoms with van der Waals surface area (Å²) in [7, 11) is -3.63. The number of phenolic OH excluding ortho intramolecular Hbond substituents is 1. The van der Waals surface area contributed by atoms with Gasteiger partial charge in [0, 0.05) is 30.3 Å². The van der Waals surface area contributed by atoms with E-state index < -0.39 is 39.6 Å². The molecule has 2 aromatic carbocycles. The molecule has 0 radical (unpaired) electrons. The molecule has 0 unspecified atom stereocenters. The Morgan fingerprint density at radius 3 is 2.33 bits per heavy atom. The van der Waals surface area contributed by atoms with E-state index in [1.807, 2.05) is 0 Å². The van der Waals surface area contributed by atoms with Crippen LogP contribution in [0, 0.1) is 0 Å². The molecule has 5 N–H and O–H groups in total. The van der Waals surface area contributed by atoms with Crippen molar-refractivity contribution >= 4 is 68.1 Å². The Balaban J connectivity index is 1.58. The van der Waals surface area contributed by atoms with Crippen LogP contribution < -0.4 is 16.0 Å². The molecular formula is C25H23Cl2N3O8S2. The zero-order chi connectivity index (χ0) is 29.6. The van der Waals surface area contributed by atoms with E-state index in [4.69, 9.17) is 23.2 Å². The monoisotopic (exact) mass is 627 g/mol. The molecule has 0 saturated heterocycles. The number of benzene rings is 2. The third-order valence-electron chi connectivity index (χ3n) is 5.47. The highest BCUT2D eigenvalue weighted by Gasteiger charge is 2.25. The molecule has 0 fully saturated rings. The zero-order valence-electron chi connectivity index (χ0n) is 20.7. The second kappa shape index (κ2) is 13.1. The van der Waals surface area contributed by atoms with Crippen molar-refractivity contribution in [3.63, 3.8) is 0 Å². The van der Waals surface area contributed by atoms with Crippen molar-refractivity contribution in [3.8, 4) is 5.75 Å². The van der Waals surface area contributed by atoms with Gasteiger partial charge in [0.15, 0.2) is 9.84 Å². The minimum absolute atomic E-state index is 0.0455. The third kappa shape index (κ3) is 7.94. The normalized spacial score (nSPS) is 11.9. The van der Waals surface area contributed by atoms with Gasteiger partial charge in [0.25, 0.3) is 17.7 Å².